The van der Waals surface area contributed by atoms with Crippen molar-refractivity contribution in [1.82, 2.24) is 5.32 Å². The van der Waals surface area contributed by atoms with E-state index in [0.717, 1.165) is 19.4 Å². The van der Waals surface area contributed by atoms with Crippen LogP contribution in [0.3, 0.4) is 0 Å². The summed E-state index contributed by atoms with van der Waals surface area (Å²) in [6, 6.07) is 0. The van der Waals surface area contributed by atoms with Crippen LogP contribution in [0, 0.1) is 11.8 Å². The highest BCUT2D eigenvalue weighted by molar-refractivity contribution is 5.78. The molecule has 3 heteroatoms. The summed E-state index contributed by atoms with van der Waals surface area (Å²) in [6.45, 7) is 3.21. The van der Waals surface area contributed by atoms with Crippen molar-refractivity contribution in [3.05, 3.63) is 0 Å². The molecule has 0 radical (unpaired) electrons. The summed E-state index contributed by atoms with van der Waals surface area (Å²) in [5.41, 5.74) is 0. The van der Waals surface area contributed by atoms with E-state index in [1.165, 1.54) is 0 Å². The molecule has 1 rings (SSSR count). The number of carbonyl (C=O) groups is 1. The van der Waals surface area contributed by atoms with Crippen LogP contribution in [0.4, 0.5) is 0 Å². The Hall–Kier alpha value is -0.570. The summed E-state index contributed by atoms with van der Waals surface area (Å²) in [7, 11) is 0. The SMILES string of the molecule is CC(CCO)C[C@@H]1CNC(=O)C1. The Morgan fingerprint density at radius 1 is 1.75 bits per heavy atom. The van der Waals surface area contributed by atoms with Gasteiger partial charge in [-0.15, -0.1) is 0 Å². The average Bonchev–Trinajstić information content (AvgIpc) is 2.36. The Bertz CT molecular complexity index is 159. The minimum atomic E-state index is 0.177. The third-order valence-corrected chi connectivity index (χ3v) is 2.42. The van der Waals surface area contributed by atoms with Crippen LogP contribution in [0.5, 0.6) is 0 Å². The van der Waals surface area contributed by atoms with Crippen molar-refractivity contribution in [3.8, 4) is 0 Å². The molecule has 1 heterocycles. The van der Waals surface area contributed by atoms with Crippen LogP contribution in [0.25, 0.3) is 0 Å². The molecule has 1 amide bonds. The molecular weight excluding hydrogens is 154 g/mol. The number of carbonyl (C=O) groups excluding carboxylic acids is 1. The first-order valence-corrected chi connectivity index (χ1v) is 4.60. The Kier molecular flexibility index (Phi) is 3.53. The number of hydrogen-bond donors (Lipinski definition) is 2. The van der Waals surface area contributed by atoms with Crippen molar-refractivity contribution in [2.45, 2.75) is 26.2 Å². The molecule has 1 saturated heterocycles. The zero-order chi connectivity index (χ0) is 8.97. The van der Waals surface area contributed by atoms with Crippen LogP contribution in [0.15, 0.2) is 0 Å². The summed E-state index contributed by atoms with van der Waals surface area (Å²) in [4.78, 5) is 10.8. The molecule has 70 valence electrons. The fourth-order valence-electron chi connectivity index (χ4n) is 1.74. The van der Waals surface area contributed by atoms with E-state index in [0.29, 0.717) is 18.3 Å². The molecule has 2 atom stereocenters. The van der Waals surface area contributed by atoms with E-state index in [-0.39, 0.29) is 12.5 Å². The van der Waals surface area contributed by atoms with Gasteiger partial charge in [0.2, 0.25) is 5.91 Å². The highest BCUT2D eigenvalue weighted by Gasteiger charge is 2.22. The lowest BCUT2D eigenvalue weighted by molar-refractivity contribution is -0.119. The third-order valence-electron chi connectivity index (χ3n) is 2.42. The summed E-state index contributed by atoms with van der Waals surface area (Å²) in [5.74, 6) is 1.21. The van der Waals surface area contributed by atoms with Gasteiger partial charge in [0.05, 0.1) is 0 Å². The summed E-state index contributed by atoms with van der Waals surface area (Å²) in [5, 5.41) is 11.5. The van der Waals surface area contributed by atoms with Crippen molar-refractivity contribution >= 4 is 5.91 Å². The largest absolute Gasteiger partial charge is 0.396 e. The normalized spacial score (nSPS) is 25.5. The first-order chi connectivity index (χ1) is 5.72. The van der Waals surface area contributed by atoms with E-state index in [1.807, 2.05) is 0 Å². The molecule has 0 aromatic rings. The first kappa shape index (κ1) is 9.52. The van der Waals surface area contributed by atoms with Crippen molar-refractivity contribution < 1.29 is 9.90 Å². The van der Waals surface area contributed by atoms with E-state index in [2.05, 4.69) is 12.2 Å². The zero-order valence-electron chi connectivity index (χ0n) is 7.55. The van der Waals surface area contributed by atoms with Gasteiger partial charge in [0.15, 0.2) is 0 Å². The monoisotopic (exact) mass is 171 g/mol. The van der Waals surface area contributed by atoms with Crippen LogP contribution in [0.1, 0.15) is 26.2 Å². The lowest BCUT2D eigenvalue weighted by atomic mass is 9.93. The van der Waals surface area contributed by atoms with Gasteiger partial charge < -0.3 is 10.4 Å². The lowest BCUT2D eigenvalue weighted by Crippen LogP contribution is -2.14. The third kappa shape index (κ3) is 2.81. The number of nitrogens with one attached hydrogen (secondary N) is 1. The van der Waals surface area contributed by atoms with Crippen molar-refractivity contribution in [2.24, 2.45) is 11.8 Å². The van der Waals surface area contributed by atoms with Crippen molar-refractivity contribution in [2.75, 3.05) is 13.2 Å². The Balaban J connectivity index is 2.18. The molecule has 0 aromatic heterocycles. The van der Waals surface area contributed by atoms with E-state index >= 15 is 0 Å². The second-order valence-corrected chi connectivity index (χ2v) is 3.73. The van der Waals surface area contributed by atoms with Crippen molar-refractivity contribution in [1.29, 1.82) is 0 Å². The molecular formula is C9H17NO2. The van der Waals surface area contributed by atoms with E-state index in [1.54, 1.807) is 0 Å². The summed E-state index contributed by atoms with van der Waals surface area (Å²) < 4.78 is 0. The number of rotatable bonds is 4. The molecule has 12 heavy (non-hydrogen) atoms. The van der Waals surface area contributed by atoms with Gasteiger partial charge in [0.1, 0.15) is 0 Å². The predicted molar refractivity (Wildman–Crippen MR) is 46.6 cm³/mol. The summed E-state index contributed by atoms with van der Waals surface area (Å²) in [6.07, 6.45) is 2.58. The molecule has 1 aliphatic heterocycles. The topological polar surface area (TPSA) is 49.3 Å². The molecule has 1 fully saturated rings. The maximum Gasteiger partial charge on any atom is 0.220 e. The van der Waals surface area contributed by atoms with E-state index in [4.69, 9.17) is 5.11 Å². The number of aliphatic hydroxyl groups excluding tert-OH is 1. The minimum Gasteiger partial charge on any atom is -0.396 e. The fourth-order valence-corrected chi connectivity index (χ4v) is 1.74. The minimum absolute atomic E-state index is 0.177. The number of amides is 1. The fraction of sp³-hybridized carbons (Fsp3) is 0.889. The van der Waals surface area contributed by atoms with Gasteiger partial charge >= 0.3 is 0 Å². The molecule has 2 N–H and O–H groups in total. The predicted octanol–water partition coefficient (Wildman–Crippen LogP) is 0.531. The van der Waals surface area contributed by atoms with Gasteiger partial charge in [-0.2, -0.15) is 0 Å². The molecule has 3 nitrogen and oxygen atoms in total. The standard InChI is InChI=1S/C9H17NO2/c1-7(2-3-11)4-8-5-9(12)10-6-8/h7-8,11H,2-6H2,1H3,(H,10,12)/t7?,8-/m0/s1. The Labute approximate surface area is 73.2 Å². The van der Waals surface area contributed by atoms with Gasteiger partial charge in [-0.05, 0) is 24.7 Å². The molecule has 0 bridgehead atoms. The van der Waals surface area contributed by atoms with Crippen molar-refractivity contribution in [3.63, 3.8) is 0 Å². The van der Waals surface area contributed by atoms with Crippen LogP contribution in [-0.4, -0.2) is 24.2 Å². The van der Waals surface area contributed by atoms with Crippen LogP contribution < -0.4 is 5.32 Å². The average molecular weight is 171 g/mol. The zero-order valence-corrected chi connectivity index (χ0v) is 7.55. The maximum atomic E-state index is 10.8. The first-order valence-electron chi connectivity index (χ1n) is 4.60. The quantitative estimate of drug-likeness (QED) is 0.648. The smallest absolute Gasteiger partial charge is 0.220 e. The highest BCUT2D eigenvalue weighted by atomic mass is 16.3. The van der Waals surface area contributed by atoms with Crippen LogP contribution in [0.2, 0.25) is 0 Å². The lowest BCUT2D eigenvalue weighted by Gasteiger charge is -2.13. The molecule has 0 spiro atoms. The maximum absolute atomic E-state index is 10.8. The molecule has 1 unspecified atom stereocenters. The number of aliphatic hydroxyl groups is 1. The molecule has 0 saturated carbocycles. The molecule has 1 aliphatic rings. The second kappa shape index (κ2) is 4.45. The van der Waals surface area contributed by atoms with Crippen LogP contribution >= 0.6 is 0 Å². The van der Waals surface area contributed by atoms with Gasteiger partial charge in [-0.25, -0.2) is 0 Å². The number of hydrogen-bond acceptors (Lipinski definition) is 2. The van der Waals surface area contributed by atoms with Gasteiger partial charge in [-0.3, -0.25) is 4.79 Å². The van der Waals surface area contributed by atoms with E-state index < -0.39 is 0 Å². The van der Waals surface area contributed by atoms with Gasteiger partial charge in [0.25, 0.3) is 0 Å². The van der Waals surface area contributed by atoms with Gasteiger partial charge in [-0.1, -0.05) is 6.92 Å². The second-order valence-electron chi connectivity index (χ2n) is 3.73. The van der Waals surface area contributed by atoms with E-state index in [9.17, 15) is 4.79 Å². The molecule has 0 aromatic carbocycles. The summed E-state index contributed by atoms with van der Waals surface area (Å²) >= 11 is 0. The van der Waals surface area contributed by atoms with Crippen LogP contribution in [-0.2, 0) is 4.79 Å². The highest BCUT2D eigenvalue weighted by Crippen LogP contribution is 2.20. The Morgan fingerprint density at radius 2 is 2.50 bits per heavy atom. The van der Waals surface area contributed by atoms with Gasteiger partial charge in [0, 0.05) is 19.6 Å². The Morgan fingerprint density at radius 3 is 3.00 bits per heavy atom. The molecule has 0 aliphatic carbocycles.